The van der Waals surface area contributed by atoms with Crippen molar-refractivity contribution in [1.29, 1.82) is 0 Å². The second kappa shape index (κ2) is 4.71. The van der Waals surface area contributed by atoms with E-state index in [1.165, 1.54) is 0 Å². The number of aromatic nitrogens is 1. The lowest BCUT2D eigenvalue weighted by molar-refractivity contribution is 1.39. The molecule has 0 spiro atoms. The smallest absolute Gasteiger partial charge is 0.0702 e. The molecule has 0 N–H and O–H groups in total. The number of aliphatic imine (C=N–C) groups is 1. The van der Waals surface area contributed by atoms with E-state index in [0.717, 1.165) is 22.0 Å². The minimum Gasteiger partial charge on any atom is -0.296 e. The molecule has 0 aliphatic rings. The van der Waals surface area contributed by atoms with E-state index in [9.17, 15) is 0 Å². The summed E-state index contributed by atoms with van der Waals surface area (Å²) in [7, 11) is 1.78. The first-order chi connectivity index (χ1) is 7.85. The van der Waals surface area contributed by atoms with E-state index in [1.807, 2.05) is 43.6 Å². The van der Waals surface area contributed by atoms with Crippen molar-refractivity contribution in [2.24, 2.45) is 4.99 Å². The summed E-state index contributed by atoms with van der Waals surface area (Å²) in [6.07, 6.45) is 5.78. The summed E-state index contributed by atoms with van der Waals surface area (Å²) in [4.78, 5) is 8.47. The first kappa shape index (κ1) is 10.6. The minimum absolute atomic E-state index is 1.02. The van der Waals surface area contributed by atoms with E-state index in [4.69, 9.17) is 0 Å². The molecular weight excluding hydrogens is 196 g/mol. The molecule has 2 heteroatoms. The molecule has 1 aromatic heterocycles. The van der Waals surface area contributed by atoms with E-state index in [0.29, 0.717) is 0 Å². The molecule has 0 radical (unpaired) electrons. The predicted molar refractivity (Wildman–Crippen MR) is 69.8 cm³/mol. The highest BCUT2D eigenvalue weighted by Crippen LogP contribution is 2.17. The van der Waals surface area contributed by atoms with Crippen molar-refractivity contribution in [2.75, 3.05) is 7.05 Å². The maximum absolute atomic E-state index is 4.43. The van der Waals surface area contributed by atoms with Crippen LogP contribution in [0.5, 0.6) is 0 Å². The third-order valence-corrected chi connectivity index (χ3v) is 2.50. The van der Waals surface area contributed by atoms with Crippen LogP contribution in [0.3, 0.4) is 0 Å². The van der Waals surface area contributed by atoms with Gasteiger partial charge in [-0.15, -0.1) is 0 Å². The van der Waals surface area contributed by atoms with Gasteiger partial charge in [0.25, 0.3) is 0 Å². The Bertz CT molecular complexity index is 553. The Morgan fingerprint density at radius 3 is 2.88 bits per heavy atom. The van der Waals surface area contributed by atoms with Crippen molar-refractivity contribution in [2.45, 2.75) is 6.92 Å². The summed E-state index contributed by atoms with van der Waals surface area (Å²) in [5.41, 5.74) is 3.22. The zero-order valence-electron chi connectivity index (χ0n) is 9.51. The number of hydrogen-bond donors (Lipinski definition) is 0. The van der Waals surface area contributed by atoms with E-state index < -0.39 is 0 Å². The maximum Gasteiger partial charge on any atom is 0.0702 e. The van der Waals surface area contributed by atoms with Gasteiger partial charge in [-0.3, -0.25) is 9.98 Å². The average molecular weight is 210 g/mol. The summed E-state index contributed by atoms with van der Waals surface area (Å²) in [5.74, 6) is 0. The Balaban J connectivity index is 2.54. The van der Waals surface area contributed by atoms with Crippen molar-refractivity contribution < 1.29 is 0 Å². The van der Waals surface area contributed by atoms with Gasteiger partial charge in [0, 0.05) is 30.4 Å². The van der Waals surface area contributed by atoms with Crippen molar-refractivity contribution in [3.63, 3.8) is 0 Å². The molecule has 0 aliphatic carbocycles. The average Bonchev–Trinajstić information content (AvgIpc) is 2.35. The van der Waals surface area contributed by atoms with Crippen LogP contribution in [-0.4, -0.2) is 18.2 Å². The molecule has 16 heavy (non-hydrogen) atoms. The van der Waals surface area contributed by atoms with Gasteiger partial charge in [0.2, 0.25) is 0 Å². The Labute approximate surface area is 95.4 Å². The molecule has 2 rings (SSSR count). The van der Waals surface area contributed by atoms with Crippen LogP contribution in [0.2, 0.25) is 0 Å². The topological polar surface area (TPSA) is 25.2 Å². The van der Waals surface area contributed by atoms with Crippen molar-refractivity contribution in [3.8, 4) is 0 Å². The summed E-state index contributed by atoms with van der Waals surface area (Å²) in [6, 6.07) is 10.3. The molecule has 0 bridgehead atoms. The number of para-hydroxylation sites is 1. The molecule has 2 aromatic rings. The number of rotatable bonds is 2. The zero-order chi connectivity index (χ0) is 11.4. The monoisotopic (exact) mass is 210 g/mol. The fraction of sp³-hybridized carbons (Fsp3) is 0.143. The Morgan fingerprint density at radius 2 is 2.12 bits per heavy atom. The van der Waals surface area contributed by atoms with E-state index in [1.54, 1.807) is 7.05 Å². The van der Waals surface area contributed by atoms with Crippen LogP contribution in [0.25, 0.3) is 16.5 Å². The van der Waals surface area contributed by atoms with Crippen LogP contribution >= 0.6 is 0 Å². The summed E-state index contributed by atoms with van der Waals surface area (Å²) in [5, 5.41) is 1.16. The number of nitrogens with zero attached hydrogens (tertiary/aromatic N) is 2. The normalized spacial score (nSPS) is 12.5. The minimum atomic E-state index is 1.02. The number of hydrogen-bond acceptors (Lipinski definition) is 2. The molecule has 0 aliphatic heterocycles. The molecule has 0 saturated carbocycles. The van der Waals surface area contributed by atoms with Crippen LogP contribution in [0.4, 0.5) is 0 Å². The highest BCUT2D eigenvalue weighted by Gasteiger charge is 2.00. The SMILES string of the molecule is CC=C(C=NC)c1cnc2ccccc2c1. The second-order valence-corrected chi connectivity index (χ2v) is 3.55. The fourth-order valence-corrected chi connectivity index (χ4v) is 1.68. The molecule has 0 unspecified atom stereocenters. The van der Waals surface area contributed by atoms with Crippen LogP contribution in [0.15, 0.2) is 47.6 Å². The largest absolute Gasteiger partial charge is 0.296 e. The fourth-order valence-electron chi connectivity index (χ4n) is 1.68. The van der Waals surface area contributed by atoms with Gasteiger partial charge in [0.15, 0.2) is 0 Å². The number of fused-ring (bicyclic) bond motifs is 1. The summed E-state index contributed by atoms with van der Waals surface area (Å²) < 4.78 is 0. The van der Waals surface area contributed by atoms with Crippen molar-refractivity contribution >= 4 is 22.7 Å². The Morgan fingerprint density at radius 1 is 1.31 bits per heavy atom. The van der Waals surface area contributed by atoms with E-state index >= 15 is 0 Å². The van der Waals surface area contributed by atoms with Crippen LogP contribution < -0.4 is 0 Å². The molecule has 1 aromatic carbocycles. The van der Waals surface area contributed by atoms with Gasteiger partial charge in [0.1, 0.15) is 0 Å². The maximum atomic E-state index is 4.43. The van der Waals surface area contributed by atoms with Crippen LogP contribution in [0, 0.1) is 0 Å². The molecule has 80 valence electrons. The van der Waals surface area contributed by atoms with Gasteiger partial charge < -0.3 is 0 Å². The number of pyridine rings is 1. The first-order valence-electron chi connectivity index (χ1n) is 5.29. The van der Waals surface area contributed by atoms with Gasteiger partial charge in [-0.1, -0.05) is 24.3 Å². The third-order valence-electron chi connectivity index (χ3n) is 2.50. The molecule has 1 heterocycles. The second-order valence-electron chi connectivity index (χ2n) is 3.55. The van der Waals surface area contributed by atoms with Gasteiger partial charge in [0.05, 0.1) is 5.52 Å². The summed E-state index contributed by atoms with van der Waals surface area (Å²) in [6.45, 7) is 2.01. The highest BCUT2D eigenvalue weighted by molar-refractivity contribution is 6.10. The van der Waals surface area contributed by atoms with Crippen LogP contribution in [-0.2, 0) is 0 Å². The zero-order valence-corrected chi connectivity index (χ0v) is 9.51. The Kier molecular flexibility index (Phi) is 3.10. The van der Waals surface area contributed by atoms with Gasteiger partial charge in [-0.25, -0.2) is 0 Å². The molecule has 0 amide bonds. The molecule has 0 atom stereocenters. The third kappa shape index (κ3) is 2.01. The number of benzene rings is 1. The van der Waals surface area contributed by atoms with Crippen molar-refractivity contribution in [1.82, 2.24) is 4.98 Å². The lowest BCUT2D eigenvalue weighted by Crippen LogP contribution is -1.88. The number of allylic oxidation sites excluding steroid dienone is 2. The Hall–Kier alpha value is -1.96. The van der Waals surface area contributed by atoms with E-state index in [2.05, 4.69) is 22.1 Å². The molecular formula is C14H14N2. The molecule has 0 saturated heterocycles. The van der Waals surface area contributed by atoms with Crippen molar-refractivity contribution in [3.05, 3.63) is 48.2 Å². The molecule has 0 fully saturated rings. The lowest BCUT2D eigenvalue weighted by Gasteiger charge is -2.03. The van der Waals surface area contributed by atoms with Gasteiger partial charge in [-0.05, 0) is 24.6 Å². The predicted octanol–water partition coefficient (Wildman–Crippen LogP) is 3.34. The van der Waals surface area contributed by atoms with E-state index in [-0.39, 0.29) is 0 Å². The lowest BCUT2D eigenvalue weighted by atomic mass is 10.1. The standard InChI is InChI=1S/C14H14N2/c1-3-11(9-15-2)13-8-12-6-4-5-7-14(12)16-10-13/h3-10H,1-2H3. The quantitative estimate of drug-likeness (QED) is 0.698. The molecule has 2 nitrogen and oxygen atoms in total. The van der Waals surface area contributed by atoms with Gasteiger partial charge >= 0.3 is 0 Å². The van der Waals surface area contributed by atoms with Gasteiger partial charge in [-0.2, -0.15) is 0 Å². The van der Waals surface area contributed by atoms with Crippen LogP contribution in [0.1, 0.15) is 12.5 Å². The highest BCUT2D eigenvalue weighted by atomic mass is 14.7. The summed E-state index contributed by atoms with van der Waals surface area (Å²) >= 11 is 0. The first-order valence-corrected chi connectivity index (χ1v) is 5.29.